The number of carbonyl (C=O) groups excluding carboxylic acids is 2. The largest absolute Gasteiger partial charge is 0.482 e. The summed E-state index contributed by atoms with van der Waals surface area (Å²) in [6, 6.07) is 5.26. The summed E-state index contributed by atoms with van der Waals surface area (Å²) in [5.74, 6) is 0.387. The van der Waals surface area contributed by atoms with E-state index in [0.29, 0.717) is 30.3 Å². The first-order valence-electron chi connectivity index (χ1n) is 8.76. The zero-order valence-corrected chi connectivity index (χ0v) is 16.9. The molecule has 2 amide bonds. The number of nitrogens with zero attached hydrogens (tertiary/aromatic N) is 1. The summed E-state index contributed by atoms with van der Waals surface area (Å²) in [5.41, 5.74) is 1.22. The molecule has 26 heavy (non-hydrogen) atoms. The number of hydrogen-bond donors (Lipinski definition) is 1. The van der Waals surface area contributed by atoms with Crippen LogP contribution in [0.15, 0.2) is 18.2 Å². The molecule has 0 aromatic heterocycles. The second-order valence-corrected chi connectivity index (χ2v) is 13.0. The third kappa shape index (κ3) is 3.71. The second kappa shape index (κ2) is 6.59. The molecule has 1 atom stereocenters. The summed E-state index contributed by atoms with van der Waals surface area (Å²) in [4.78, 5) is 25.3. The van der Waals surface area contributed by atoms with Gasteiger partial charge in [-0.1, -0.05) is 20.8 Å². The van der Waals surface area contributed by atoms with Gasteiger partial charge in [-0.05, 0) is 36.3 Å². The van der Waals surface area contributed by atoms with Gasteiger partial charge < -0.3 is 19.2 Å². The van der Waals surface area contributed by atoms with Gasteiger partial charge >= 0.3 is 6.09 Å². The van der Waals surface area contributed by atoms with E-state index < -0.39 is 14.4 Å². The number of hydrogen-bond acceptors (Lipinski definition) is 5. The van der Waals surface area contributed by atoms with E-state index in [-0.39, 0.29) is 23.7 Å². The molecule has 142 valence electrons. The van der Waals surface area contributed by atoms with Crippen molar-refractivity contribution in [2.24, 2.45) is 0 Å². The standard InChI is InChI=1S/C18H26N2O5Si/c1-18(2,3)26(4,5)24-10-13-9-20(17(22)25-13)12-6-7-15-14(8-12)19-16(21)11-23-15/h6-8,13H,9-11H2,1-5H3,(H,19,21)/t13-/m0/s1. The van der Waals surface area contributed by atoms with E-state index in [0.717, 1.165) is 0 Å². The van der Waals surface area contributed by atoms with Gasteiger partial charge in [0, 0.05) is 5.69 Å². The molecule has 1 saturated heterocycles. The van der Waals surface area contributed by atoms with Crippen LogP contribution in [0.5, 0.6) is 5.75 Å². The number of ether oxygens (including phenoxy) is 2. The Labute approximate surface area is 154 Å². The zero-order chi connectivity index (χ0) is 19.1. The minimum atomic E-state index is -1.90. The highest BCUT2D eigenvalue weighted by Crippen LogP contribution is 2.37. The number of anilines is 2. The van der Waals surface area contributed by atoms with E-state index in [4.69, 9.17) is 13.9 Å². The van der Waals surface area contributed by atoms with Gasteiger partial charge in [-0.25, -0.2) is 4.79 Å². The van der Waals surface area contributed by atoms with Crippen molar-refractivity contribution < 1.29 is 23.5 Å². The van der Waals surface area contributed by atoms with Crippen LogP contribution in [-0.4, -0.2) is 46.2 Å². The molecule has 2 aliphatic rings. The summed E-state index contributed by atoms with van der Waals surface area (Å²) in [6.45, 7) is 11.7. The average molecular weight is 379 g/mol. The fraction of sp³-hybridized carbons (Fsp3) is 0.556. The van der Waals surface area contributed by atoms with Gasteiger partial charge in [0.2, 0.25) is 0 Å². The maximum atomic E-state index is 12.3. The van der Waals surface area contributed by atoms with Crippen molar-refractivity contribution in [3.05, 3.63) is 18.2 Å². The summed E-state index contributed by atoms with van der Waals surface area (Å²) >= 11 is 0. The Bertz CT molecular complexity index is 729. The lowest BCUT2D eigenvalue weighted by Crippen LogP contribution is -2.43. The first kappa shape index (κ1) is 18.7. The van der Waals surface area contributed by atoms with Crippen LogP contribution in [-0.2, 0) is 14.0 Å². The van der Waals surface area contributed by atoms with Crippen molar-refractivity contribution in [3.63, 3.8) is 0 Å². The maximum Gasteiger partial charge on any atom is 0.414 e. The van der Waals surface area contributed by atoms with Crippen molar-refractivity contribution in [2.75, 3.05) is 30.0 Å². The van der Waals surface area contributed by atoms with Crippen LogP contribution in [0.3, 0.4) is 0 Å². The molecule has 2 heterocycles. The molecule has 0 unspecified atom stereocenters. The number of cyclic esters (lactones) is 1. The summed E-state index contributed by atoms with van der Waals surface area (Å²) in [5, 5.41) is 2.85. The van der Waals surface area contributed by atoms with Crippen LogP contribution in [0.2, 0.25) is 18.1 Å². The van der Waals surface area contributed by atoms with Gasteiger partial charge in [0.05, 0.1) is 18.8 Å². The lowest BCUT2D eigenvalue weighted by Gasteiger charge is -2.36. The predicted octanol–water partition coefficient (Wildman–Crippen LogP) is 3.36. The Morgan fingerprint density at radius 3 is 2.73 bits per heavy atom. The van der Waals surface area contributed by atoms with E-state index in [1.165, 1.54) is 0 Å². The van der Waals surface area contributed by atoms with Crippen LogP contribution < -0.4 is 15.0 Å². The molecule has 7 nitrogen and oxygen atoms in total. The normalized spacial score (nSPS) is 20.3. The Hall–Kier alpha value is -2.06. The van der Waals surface area contributed by atoms with Gasteiger partial charge in [-0.2, -0.15) is 0 Å². The van der Waals surface area contributed by atoms with Crippen LogP contribution in [0.1, 0.15) is 20.8 Å². The minimum Gasteiger partial charge on any atom is -0.482 e. The summed E-state index contributed by atoms with van der Waals surface area (Å²) < 4.78 is 17.0. The molecule has 0 spiro atoms. The number of carbonyl (C=O) groups is 2. The number of nitrogens with one attached hydrogen (secondary N) is 1. The number of benzene rings is 1. The number of amides is 2. The highest BCUT2D eigenvalue weighted by atomic mass is 28.4. The van der Waals surface area contributed by atoms with Crippen LogP contribution >= 0.6 is 0 Å². The average Bonchev–Trinajstić information content (AvgIpc) is 2.92. The van der Waals surface area contributed by atoms with Gasteiger partial charge in [0.15, 0.2) is 14.9 Å². The van der Waals surface area contributed by atoms with Crippen molar-refractivity contribution in [3.8, 4) is 5.75 Å². The van der Waals surface area contributed by atoms with E-state index in [1.54, 1.807) is 23.1 Å². The zero-order valence-electron chi connectivity index (χ0n) is 15.9. The highest BCUT2D eigenvalue weighted by Gasteiger charge is 2.40. The monoisotopic (exact) mass is 378 g/mol. The molecule has 0 aliphatic carbocycles. The van der Waals surface area contributed by atoms with Gasteiger partial charge in [0.25, 0.3) is 5.91 Å². The molecule has 8 heteroatoms. The molecular formula is C18H26N2O5Si. The molecule has 0 saturated carbocycles. The fourth-order valence-electron chi connectivity index (χ4n) is 2.58. The van der Waals surface area contributed by atoms with Crippen molar-refractivity contribution in [1.82, 2.24) is 0 Å². The quantitative estimate of drug-likeness (QED) is 0.813. The molecule has 0 bridgehead atoms. The van der Waals surface area contributed by atoms with Gasteiger partial charge in [-0.3, -0.25) is 9.69 Å². The topological polar surface area (TPSA) is 77.1 Å². The maximum absolute atomic E-state index is 12.3. The first-order chi connectivity index (χ1) is 12.1. The third-order valence-electron chi connectivity index (χ3n) is 5.22. The first-order valence-corrected chi connectivity index (χ1v) is 11.7. The second-order valence-electron chi connectivity index (χ2n) is 8.21. The van der Waals surface area contributed by atoms with Crippen LogP contribution in [0, 0.1) is 0 Å². The Balaban J connectivity index is 1.67. The number of fused-ring (bicyclic) bond motifs is 1. The molecular weight excluding hydrogens is 352 g/mol. The minimum absolute atomic E-state index is 0.00493. The molecule has 3 rings (SSSR count). The molecule has 2 aliphatic heterocycles. The number of rotatable bonds is 4. The molecule has 0 radical (unpaired) electrons. The molecule has 1 N–H and O–H groups in total. The lowest BCUT2D eigenvalue weighted by atomic mass is 10.2. The van der Waals surface area contributed by atoms with Crippen molar-refractivity contribution >= 4 is 31.7 Å². The third-order valence-corrected chi connectivity index (χ3v) is 9.72. The summed E-state index contributed by atoms with van der Waals surface area (Å²) in [7, 11) is -1.90. The molecule has 1 aromatic rings. The lowest BCUT2D eigenvalue weighted by molar-refractivity contribution is -0.118. The van der Waals surface area contributed by atoms with E-state index in [2.05, 4.69) is 39.2 Å². The smallest absolute Gasteiger partial charge is 0.414 e. The van der Waals surface area contributed by atoms with Gasteiger partial charge in [0.1, 0.15) is 11.9 Å². The highest BCUT2D eigenvalue weighted by molar-refractivity contribution is 6.74. The van der Waals surface area contributed by atoms with Gasteiger partial charge in [-0.15, -0.1) is 0 Å². The Kier molecular flexibility index (Phi) is 4.74. The molecule has 1 fully saturated rings. The molecule has 1 aromatic carbocycles. The van der Waals surface area contributed by atoms with Crippen LogP contribution in [0.25, 0.3) is 0 Å². The van der Waals surface area contributed by atoms with Crippen LogP contribution in [0.4, 0.5) is 16.2 Å². The van der Waals surface area contributed by atoms with E-state index in [9.17, 15) is 9.59 Å². The van der Waals surface area contributed by atoms with Crippen molar-refractivity contribution in [1.29, 1.82) is 0 Å². The fourth-order valence-corrected chi connectivity index (χ4v) is 3.61. The SMILES string of the molecule is CC(C)(C)[Si](C)(C)OC[C@@H]1CN(c2ccc3c(c2)NC(=O)CO3)C(=O)O1. The Morgan fingerprint density at radius 1 is 1.31 bits per heavy atom. The Morgan fingerprint density at radius 2 is 2.04 bits per heavy atom. The van der Waals surface area contributed by atoms with E-state index in [1.807, 2.05) is 0 Å². The summed E-state index contributed by atoms with van der Waals surface area (Å²) in [6.07, 6.45) is -0.713. The van der Waals surface area contributed by atoms with E-state index >= 15 is 0 Å². The van der Waals surface area contributed by atoms with Crippen molar-refractivity contribution in [2.45, 2.75) is 45.0 Å². The predicted molar refractivity (Wildman–Crippen MR) is 101 cm³/mol.